The second kappa shape index (κ2) is 7.60. The predicted molar refractivity (Wildman–Crippen MR) is 117 cm³/mol. The first-order valence-corrected chi connectivity index (χ1v) is 11.4. The van der Waals surface area contributed by atoms with E-state index in [0.717, 1.165) is 0 Å². The molecular weight excluding hydrogens is 331 g/mol. The van der Waals surface area contributed by atoms with Gasteiger partial charge in [0.25, 0.3) is 0 Å². The van der Waals surface area contributed by atoms with Crippen LogP contribution in [0.3, 0.4) is 0 Å². The first-order chi connectivity index (χ1) is 12.8. The summed E-state index contributed by atoms with van der Waals surface area (Å²) in [6.07, 6.45) is 6.16. The molecule has 0 saturated carbocycles. The van der Waals surface area contributed by atoms with E-state index in [0.29, 0.717) is 5.66 Å². The lowest BCUT2D eigenvalue weighted by molar-refractivity contribution is 0.710. The van der Waals surface area contributed by atoms with Gasteiger partial charge in [-0.2, -0.15) is 0 Å². The minimum absolute atomic E-state index is 0.665. The Balaban J connectivity index is 2.01. The fourth-order valence-corrected chi connectivity index (χ4v) is 9.40. The quantitative estimate of drug-likeness (QED) is 0.428. The molecule has 0 spiro atoms. The van der Waals surface area contributed by atoms with E-state index in [4.69, 9.17) is 0 Å². The van der Waals surface area contributed by atoms with Gasteiger partial charge in [0.1, 0.15) is 23.2 Å². The van der Waals surface area contributed by atoms with Gasteiger partial charge in [0.15, 0.2) is 0 Å². The third kappa shape index (κ3) is 3.04. The minimum atomic E-state index is -1.70. The summed E-state index contributed by atoms with van der Waals surface area (Å²) in [6, 6.07) is 33.8. The standard InChI is InChI=1S/C25H26P/c1-21-17-19-25(20-18-21)26(22-11-5-2-6-12-22,23-13-7-3-8-14-23)24-15-9-4-10-16-24/h2-17,25H,18-20H2,1H3/q+1. The largest absolute Gasteiger partial charge is 0.115 e. The van der Waals surface area contributed by atoms with E-state index >= 15 is 0 Å². The molecule has 1 heteroatoms. The first kappa shape index (κ1) is 17.3. The minimum Gasteiger partial charge on any atom is -0.0817 e. The summed E-state index contributed by atoms with van der Waals surface area (Å²) in [6.45, 7) is 2.28. The van der Waals surface area contributed by atoms with Gasteiger partial charge in [0.05, 0.1) is 5.66 Å². The smallest absolute Gasteiger partial charge is 0.0817 e. The number of hydrogen-bond acceptors (Lipinski definition) is 0. The average molecular weight is 357 g/mol. The normalized spacial score (nSPS) is 17.6. The van der Waals surface area contributed by atoms with Crippen molar-refractivity contribution >= 4 is 23.2 Å². The Hall–Kier alpha value is -2.17. The molecule has 130 valence electrons. The van der Waals surface area contributed by atoms with Crippen molar-refractivity contribution in [1.82, 2.24) is 0 Å². The van der Waals surface area contributed by atoms with Crippen LogP contribution in [-0.2, 0) is 0 Å². The van der Waals surface area contributed by atoms with Gasteiger partial charge >= 0.3 is 0 Å². The van der Waals surface area contributed by atoms with E-state index in [1.165, 1.54) is 35.2 Å². The number of rotatable bonds is 4. The van der Waals surface area contributed by atoms with Crippen LogP contribution >= 0.6 is 7.26 Å². The van der Waals surface area contributed by atoms with E-state index in [1.54, 1.807) is 5.57 Å². The summed E-state index contributed by atoms with van der Waals surface area (Å²) in [5, 5.41) is 4.53. The fraction of sp³-hybridized carbons (Fsp3) is 0.200. The molecule has 0 fully saturated rings. The molecule has 0 N–H and O–H groups in total. The molecule has 1 aliphatic carbocycles. The van der Waals surface area contributed by atoms with E-state index in [2.05, 4.69) is 104 Å². The van der Waals surface area contributed by atoms with Gasteiger partial charge in [-0.1, -0.05) is 66.2 Å². The van der Waals surface area contributed by atoms with Gasteiger partial charge in [-0.25, -0.2) is 0 Å². The Kier molecular flexibility index (Phi) is 5.05. The molecule has 0 bridgehead atoms. The highest BCUT2D eigenvalue weighted by atomic mass is 31.2. The average Bonchev–Trinajstić information content (AvgIpc) is 2.72. The number of hydrogen-bond donors (Lipinski definition) is 0. The second-order valence-electron chi connectivity index (χ2n) is 7.21. The highest BCUT2D eigenvalue weighted by Crippen LogP contribution is 2.62. The Morgan fingerprint density at radius 2 is 1.08 bits per heavy atom. The maximum Gasteiger partial charge on any atom is 0.115 e. The molecule has 3 aromatic rings. The number of allylic oxidation sites excluding steroid dienone is 2. The van der Waals surface area contributed by atoms with Crippen molar-refractivity contribution in [3.63, 3.8) is 0 Å². The molecule has 0 aliphatic heterocycles. The molecule has 1 unspecified atom stereocenters. The lowest BCUT2D eigenvalue weighted by Crippen LogP contribution is -2.39. The van der Waals surface area contributed by atoms with Crippen LogP contribution in [0.15, 0.2) is 103 Å². The highest BCUT2D eigenvalue weighted by Gasteiger charge is 2.51. The van der Waals surface area contributed by atoms with Crippen molar-refractivity contribution in [1.29, 1.82) is 0 Å². The van der Waals surface area contributed by atoms with Gasteiger partial charge in [0.2, 0.25) is 0 Å². The van der Waals surface area contributed by atoms with Crippen molar-refractivity contribution in [3.8, 4) is 0 Å². The van der Waals surface area contributed by atoms with Crippen LogP contribution in [-0.4, -0.2) is 5.66 Å². The summed E-state index contributed by atoms with van der Waals surface area (Å²) < 4.78 is 0. The topological polar surface area (TPSA) is 0 Å². The van der Waals surface area contributed by atoms with Crippen molar-refractivity contribution in [3.05, 3.63) is 103 Å². The molecule has 0 radical (unpaired) electrons. The summed E-state index contributed by atoms with van der Waals surface area (Å²) in [7, 11) is -1.70. The van der Waals surface area contributed by atoms with E-state index in [1.807, 2.05) is 0 Å². The zero-order valence-corrected chi connectivity index (χ0v) is 16.3. The molecule has 26 heavy (non-hydrogen) atoms. The SMILES string of the molecule is CC1=CCC([P+](c2ccccc2)(c2ccccc2)c2ccccc2)CC1. The van der Waals surface area contributed by atoms with Crippen LogP contribution in [0.25, 0.3) is 0 Å². The molecule has 0 aromatic heterocycles. The molecule has 4 rings (SSSR count). The summed E-state index contributed by atoms with van der Waals surface area (Å²) in [5.41, 5.74) is 2.21. The molecule has 0 amide bonds. The van der Waals surface area contributed by atoms with Crippen molar-refractivity contribution in [2.24, 2.45) is 0 Å². The molecule has 0 heterocycles. The molecular formula is C25H26P+. The molecule has 3 aromatic carbocycles. The van der Waals surface area contributed by atoms with Crippen LogP contribution in [0.1, 0.15) is 26.2 Å². The Bertz CT molecular complexity index is 769. The maximum absolute atomic E-state index is 2.48. The maximum atomic E-state index is 2.48. The Labute approximate surface area is 157 Å². The van der Waals surface area contributed by atoms with Gasteiger partial charge in [-0.15, -0.1) is 0 Å². The van der Waals surface area contributed by atoms with Crippen LogP contribution in [0, 0.1) is 0 Å². The van der Waals surface area contributed by atoms with E-state index < -0.39 is 7.26 Å². The first-order valence-electron chi connectivity index (χ1n) is 9.53. The Morgan fingerprint density at radius 3 is 1.42 bits per heavy atom. The lowest BCUT2D eigenvalue weighted by Gasteiger charge is -2.36. The molecule has 0 nitrogen and oxygen atoms in total. The summed E-state index contributed by atoms with van der Waals surface area (Å²) in [4.78, 5) is 0. The molecule has 1 aliphatic rings. The van der Waals surface area contributed by atoms with Gasteiger partial charge in [0, 0.05) is 6.42 Å². The van der Waals surface area contributed by atoms with E-state index in [9.17, 15) is 0 Å². The van der Waals surface area contributed by atoms with Crippen LogP contribution < -0.4 is 15.9 Å². The fourth-order valence-electron chi connectivity index (χ4n) is 4.37. The summed E-state index contributed by atoms with van der Waals surface area (Å²) in [5.74, 6) is 0. The monoisotopic (exact) mass is 357 g/mol. The van der Waals surface area contributed by atoms with Crippen LogP contribution in [0.2, 0.25) is 0 Å². The van der Waals surface area contributed by atoms with Crippen LogP contribution in [0.4, 0.5) is 0 Å². The van der Waals surface area contributed by atoms with Gasteiger partial charge in [-0.05, 0) is 56.2 Å². The zero-order valence-electron chi connectivity index (χ0n) is 15.4. The molecule has 0 saturated heterocycles. The van der Waals surface area contributed by atoms with Crippen LogP contribution in [0.5, 0.6) is 0 Å². The van der Waals surface area contributed by atoms with Crippen molar-refractivity contribution < 1.29 is 0 Å². The van der Waals surface area contributed by atoms with Crippen molar-refractivity contribution in [2.75, 3.05) is 0 Å². The molecule has 1 atom stereocenters. The third-order valence-corrected chi connectivity index (χ3v) is 10.6. The predicted octanol–water partition coefficient (Wildman–Crippen LogP) is 5.48. The van der Waals surface area contributed by atoms with E-state index in [-0.39, 0.29) is 0 Å². The second-order valence-corrected chi connectivity index (χ2v) is 10.9. The van der Waals surface area contributed by atoms with Gasteiger partial charge < -0.3 is 0 Å². The van der Waals surface area contributed by atoms with Gasteiger partial charge in [-0.3, -0.25) is 0 Å². The van der Waals surface area contributed by atoms with Crippen molar-refractivity contribution in [2.45, 2.75) is 31.8 Å². The third-order valence-electron chi connectivity index (χ3n) is 5.65. The zero-order chi connectivity index (χ0) is 17.8. The summed E-state index contributed by atoms with van der Waals surface area (Å²) >= 11 is 0. The lowest BCUT2D eigenvalue weighted by atomic mass is 10.0. The number of benzene rings is 3. The highest BCUT2D eigenvalue weighted by molar-refractivity contribution is 7.96. The Morgan fingerprint density at radius 1 is 0.654 bits per heavy atom.